The maximum Gasteiger partial charge on any atom is 0.224 e. The van der Waals surface area contributed by atoms with Gasteiger partial charge >= 0.3 is 0 Å². The normalized spacial score (nSPS) is 10.4. The van der Waals surface area contributed by atoms with Crippen LogP contribution in [0.4, 0.5) is 11.8 Å². The van der Waals surface area contributed by atoms with Crippen LogP contribution in [0.25, 0.3) is 0 Å². The topological polar surface area (TPSA) is 68.3 Å². The van der Waals surface area contributed by atoms with Crippen LogP contribution in [0, 0.1) is 0 Å². The molecule has 0 spiro atoms. The second-order valence-electron chi connectivity index (χ2n) is 5.11. The Balaban J connectivity index is 2.03. The maximum absolute atomic E-state index is 5.30. The molecule has 0 aliphatic heterocycles. The van der Waals surface area contributed by atoms with Crippen LogP contribution in [0.5, 0.6) is 11.5 Å². The zero-order valence-corrected chi connectivity index (χ0v) is 13.4. The van der Waals surface area contributed by atoms with E-state index in [9.17, 15) is 0 Å². The SMILES string of the molecule is COc1ccc(CNc2nccc(NC(C)C)n2)cc1OC. The van der Waals surface area contributed by atoms with E-state index in [1.165, 1.54) is 0 Å². The van der Waals surface area contributed by atoms with Gasteiger partial charge in [0.1, 0.15) is 5.82 Å². The number of ether oxygens (including phenoxy) is 2. The summed E-state index contributed by atoms with van der Waals surface area (Å²) >= 11 is 0. The van der Waals surface area contributed by atoms with Gasteiger partial charge in [0, 0.05) is 18.8 Å². The highest BCUT2D eigenvalue weighted by Gasteiger charge is 2.05. The largest absolute Gasteiger partial charge is 0.493 e. The van der Waals surface area contributed by atoms with Crippen molar-refractivity contribution in [3.63, 3.8) is 0 Å². The van der Waals surface area contributed by atoms with E-state index in [0.717, 1.165) is 11.4 Å². The van der Waals surface area contributed by atoms with Gasteiger partial charge in [-0.2, -0.15) is 4.98 Å². The third-order valence-corrected chi connectivity index (χ3v) is 2.99. The first-order valence-corrected chi connectivity index (χ1v) is 7.16. The molecule has 0 bridgehead atoms. The van der Waals surface area contributed by atoms with Crippen LogP contribution in [0.15, 0.2) is 30.5 Å². The van der Waals surface area contributed by atoms with Gasteiger partial charge in [-0.3, -0.25) is 0 Å². The fourth-order valence-electron chi connectivity index (χ4n) is 1.99. The smallest absolute Gasteiger partial charge is 0.224 e. The van der Waals surface area contributed by atoms with Crippen molar-refractivity contribution in [1.29, 1.82) is 0 Å². The fourth-order valence-corrected chi connectivity index (χ4v) is 1.99. The number of benzene rings is 1. The molecule has 1 aromatic heterocycles. The number of methoxy groups -OCH3 is 2. The van der Waals surface area contributed by atoms with Crippen molar-refractivity contribution < 1.29 is 9.47 Å². The standard InChI is InChI=1S/C16H22N4O2/c1-11(2)19-15-7-8-17-16(20-15)18-10-12-5-6-13(21-3)14(9-12)22-4/h5-9,11H,10H2,1-4H3,(H2,17,18,19,20). The Hall–Kier alpha value is -2.50. The molecule has 0 atom stereocenters. The first-order valence-electron chi connectivity index (χ1n) is 7.16. The predicted molar refractivity (Wildman–Crippen MR) is 87.7 cm³/mol. The zero-order valence-electron chi connectivity index (χ0n) is 13.4. The summed E-state index contributed by atoms with van der Waals surface area (Å²) in [5.41, 5.74) is 1.06. The van der Waals surface area contributed by atoms with Crippen molar-refractivity contribution in [2.45, 2.75) is 26.4 Å². The summed E-state index contributed by atoms with van der Waals surface area (Å²) in [4.78, 5) is 8.63. The third kappa shape index (κ3) is 4.25. The average molecular weight is 302 g/mol. The van der Waals surface area contributed by atoms with Crippen molar-refractivity contribution in [3.05, 3.63) is 36.0 Å². The first-order chi connectivity index (χ1) is 10.6. The van der Waals surface area contributed by atoms with E-state index >= 15 is 0 Å². The molecule has 0 aliphatic rings. The highest BCUT2D eigenvalue weighted by atomic mass is 16.5. The van der Waals surface area contributed by atoms with E-state index in [2.05, 4.69) is 34.4 Å². The fraction of sp³-hybridized carbons (Fsp3) is 0.375. The molecular formula is C16H22N4O2. The van der Waals surface area contributed by atoms with E-state index in [1.807, 2.05) is 24.3 Å². The van der Waals surface area contributed by atoms with Crippen molar-refractivity contribution in [2.24, 2.45) is 0 Å². The van der Waals surface area contributed by atoms with Crippen molar-refractivity contribution in [3.8, 4) is 11.5 Å². The van der Waals surface area contributed by atoms with Crippen molar-refractivity contribution in [2.75, 3.05) is 24.9 Å². The Kier molecular flexibility index (Phi) is 5.41. The lowest BCUT2D eigenvalue weighted by atomic mass is 10.2. The molecule has 22 heavy (non-hydrogen) atoms. The molecule has 0 fully saturated rings. The summed E-state index contributed by atoms with van der Waals surface area (Å²) in [6.45, 7) is 4.74. The van der Waals surface area contributed by atoms with Gasteiger partial charge < -0.3 is 20.1 Å². The Bertz CT molecular complexity index is 617. The van der Waals surface area contributed by atoms with Gasteiger partial charge in [0.15, 0.2) is 11.5 Å². The molecule has 2 aromatic rings. The molecule has 1 heterocycles. The Morgan fingerprint density at radius 2 is 1.86 bits per heavy atom. The van der Waals surface area contributed by atoms with Crippen LogP contribution < -0.4 is 20.1 Å². The van der Waals surface area contributed by atoms with Gasteiger partial charge in [0.05, 0.1) is 14.2 Å². The molecule has 6 heteroatoms. The lowest BCUT2D eigenvalue weighted by Crippen LogP contribution is -2.12. The minimum Gasteiger partial charge on any atom is -0.493 e. The Morgan fingerprint density at radius 3 is 2.55 bits per heavy atom. The van der Waals surface area contributed by atoms with E-state index in [0.29, 0.717) is 30.0 Å². The number of hydrogen-bond donors (Lipinski definition) is 2. The van der Waals surface area contributed by atoms with Crippen LogP contribution in [-0.4, -0.2) is 30.2 Å². The molecule has 0 saturated heterocycles. The summed E-state index contributed by atoms with van der Waals surface area (Å²) in [6.07, 6.45) is 1.73. The number of rotatable bonds is 7. The van der Waals surface area contributed by atoms with Crippen LogP contribution in [0.1, 0.15) is 19.4 Å². The molecule has 1 aromatic carbocycles. The predicted octanol–water partition coefficient (Wildman–Crippen LogP) is 2.93. The van der Waals surface area contributed by atoms with Gasteiger partial charge in [-0.25, -0.2) is 4.98 Å². The van der Waals surface area contributed by atoms with Gasteiger partial charge in [-0.05, 0) is 37.6 Å². The Morgan fingerprint density at radius 1 is 1.09 bits per heavy atom. The van der Waals surface area contributed by atoms with Gasteiger partial charge in [0.2, 0.25) is 5.95 Å². The summed E-state index contributed by atoms with van der Waals surface area (Å²) in [5, 5.41) is 6.45. The minimum atomic E-state index is 0.327. The van der Waals surface area contributed by atoms with Crippen molar-refractivity contribution in [1.82, 2.24) is 9.97 Å². The molecule has 0 aliphatic carbocycles. The molecular weight excluding hydrogens is 280 g/mol. The van der Waals surface area contributed by atoms with Crippen LogP contribution >= 0.6 is 0 Å². The van der Waals surface area contributed by atoms with E-state index in [4.69, 9.17) is 9.47 Å². The number of nitrogens with one attached hydrogen (secondary N) is 2. The second kappa shape index (κ2) is 7.49. The van der Waals surface area contributed by atoms with Crippen LogP contribution in [0.2, 0.25) is 0 Å². The third-order valence-electron chi connectivity index (χ3n) is 2.99. The molecule has 118 valence electrons. The summed E-state index contributed by atoms with van der Waals surface area (Å²) in [7, 11) is 3.25. The number of anilines is 2. The highest BCUT2D eigenvalue weighted by molar-refractivity contribution is 5.44. The van der Waals surface area contributed by atoms with Gasteiger partial charge in [-0.1, -0.05) is 6.07 Å². The lowest BCUT2D eigenvalue weighted by molar-refractivity contribution is 0.354. The molecule has 0 saturated carbocycles. The highest BCUT2D eigenvalue weighted by Crippen LogP contribution is 2.27. The van der Waals surface area contributed by atoms with Crippen LogP contribution in [0.3, 0.4) is 0 Å². The summed E-state index contributed by atoms with van der Waals surface area (Å²) in [5.74, 6) is 2.81. The molecule has 6 nitrogen and oxygen atoms in total. The number of hydrogen-bond acceptors (Lipinski definition) is 6. The zero-order chi connectivity index (χ0) is 15.9. The maximum atomic E-state index is 5.30. The number of aromatic nitrogens is 2. The molecule has 2 N–H and O–H groups in total. The molecule has 2 rings (SSSR count). The summed E-state index contributed by atoms with van der Waals surface area (Å²) < 4.78 is 10.5. The average Bonchev–Trinajstić information content (AvgIpc) is 2.52. The van der Waals surface area contributed by atoms with Crippen LogP contribution in [-0.2, 0) is 6.54 Å². The first kappa shape index (κ1) is 15.9. The quantitative estimate of drug-likeness (QED) is 0.819. The Labute approximate surface area is 130 Å². The second-order valence-corrected chi connectivity index (χ2v) is 5.11. The van der Waals surface area contributed by atoms with E-state index in [1.54, 1.807) is 20.4 Å². The molecule has 0 unspecified atom stereocenters. The monoisotopic (exact) mass is 302 g/mol. The van der Waals surface area contributed by atoms with Crippen molar-refractivity contribution >= 4 is 11.8 Å². The van der Waals surface area contributed by atoms with Gasteiger partial charge in [0.25, 0.3) is 0 Å². The molecule has 0 amide bonds. The minimum absolute atomic E-state index is 0.327. The van der Waals surface area contributed by atoms with Gasteiger partial charge in [-0.15, -0.1) is 0 Å². The number of nitrogens with zero attached hydrogens (tertiary/aromatic N) is 2. The van der Waals surface area contributed by atoms with E-state index in [-0.39, 0.29) is 0 Å². The summed E-state index contributed by atoms with van der Waals surface area (Å²) in [6, 6.07) is 7.97. The van der Waals surface area contributed by atoms with E-state index < -0.39 is 0 Å². The lowest BCUT2D eigenvalue weighted by Gasteiger charge is -2.12. The molecule has 0 radical (unpaired) electrons.